The molecule has 28 heavy (non-hydrogen) atoms. The Bertz CT molecular complexity index is 977. The second-order valence-corrected chi connectivity index (χ2v) is 6.67. The number of nitrogens with zero attached hydrogens (tertiary/aromatic N) is 3. The van der Waals surface area contributed by atoms with Crippen LogP contribution in [0.2, 0.25) is 0 Å². The smallest absolute Gasteiger partial charge is 0.261 e. The molecule has 0 fully saturated rings. The lowest BCUT2D eigenvalue weighted by Gasteiger charge is -2.21. The molecular weight excluding hydrogens is 357 g/mol. The topological polar surface area (TPSA) is 45.7 Å². The van der Waals surface area contributed by atoms with Gasteiger partial charge in [0, 0.05) is 19.3 Å². The van der Waals surface area contributed by atoms with Crippen LogP contribution in [0.1, 0.15) is 11.3 Å². The molecule has 3 aromatic rings. The monoisotopic (exact) mass is 377 g/mol. The number of carbonyl (C=O) groups excluding carboxylic acids is 1. The van der Waals surface area contributed by atoms with Crippen molar-refractivity contribution in [1.82, 2.24) is 9.88 Å². The minimum atomic E-state index is -0.296. The van der Waals surface area contributed by atoms with E-state index < -0.39 is 0 Å². The van der Waals surface area contributed by atoms with Crippen LogP contribution in [0.15, 0.2) is 66.7 Å². The van der Waals surface area contributed by atoms with E-state index >= 15 is 0 Å². The van der Waals surface area contributed by atoms with Crippen molar-refractivity contribution in [3.05, 3.63) is 83.8 Å². The molecule has 142 valence electrons. The highest BCUT2D eigenvalue weighted by molar-refractivity contribution is 5.78. The number of para-hydroxylation sites is 1. The van der Waals surface area contributed by atoms with Gasteiger partial charge >= 0.3 is 0 Å². The number of pyridine rings is 1. The molecule has 1 aliphatic heterocycles. The molecule has 1 aliphatic rings. The maximum absolute atomic E-state index is 13.1. The fourth-order valence-corrected chi connectivity index (χ4v) is 3.15. The van der Waals surface area contributed by atoms with Crippen LogP contribution in [0.3, 0.4) is 0 Å². The summed E-state index contributed by atoms with van der Waals surface area (Å²) in [5.74, 6) is 0.958. The number of aromatic nitrogens is 1. The van der Waals surface area contributed by atoms with Gasteiger partial charge in [0.1, 0.15) is 23.1 Å². The van der Waals surface area contributed by atoms with E-state index in [4.69, 9.17) is 9.72 Å². The average molecular weight is 377 g/mol. The van der Waals surface area contributed by atoms with Crippen molar-refractivity contribution in [1.29, 1.82) is 0 Å². The van der Waals surface area contributed by atoms with Crippen LogP contribution in [0.5, 0.6) is 5.75 Å². The van der Waals surface area contributed by atoms with E-state index in [1.165, 1.54) is 12.1 Å². The maximum atomic E-state index is 13.1. The molecule has 5 nitrogen and oxygen atoms in total. The Hall–Kier alpha value is -3.41. The number of carbonyl (C=O) groups is 1. The lowest BCUT2D eigenvalue weighted by molar-refractivity contribution is -0.133. The molecule has 0 N–H and O–H groups in total. The molecule has 4 rings (SSSR count). The number of benzene rings is 2. The molecule has 0 saturated carbocycles. The summed E-state index contributed by atoms with van der Waals surface area (Å²) in [5.41, 5.74) is 2.58. The summed E-state index contributed by atoms with van der Waals surface area (Å²) in [4.78, 5) is 20.9. The van der Waals surface area contributed by atoms with E-state index in [1.807, 2.05) is 54.4 Å². The third kappa shape index (κ3) is 3.81. The third-order valence-electron chi connectivity index (χ3n) is 4.74. The second kappa shape index (κ2) is 7.68. The fourth-order valence-electron chi connectivity index (χ4n) is 3.15. The predicted octanol–water partition coefficient (Wildman–Crippen LogP) is 3.91. The summed E-state index contributed by atoms with van der Waals surface area (Å²) in [6.45, 7) is 0.675. The SMILES string of the molecule is CN(c1ccccc1)c1ccc2c(n1)CN(Cc1ccc(F)cc1)C(=O)CO2. The number of fused-ring (bicyclic) bond motifs is 1. The van der Waals surface area contributed by atoms with Gasteiger partial charge in [0.05, 0.1) is 6.54 Å². The van der Waals surface area contributed by atoms with Gasteiger partial charge in [-0.15, -0.1) is 0 Å². The summed E-state index contributed by atoms with van der Waals surface area (Å²) in [7, 11) is 1.95. The maximum Gasteiger partial charge on any atom is 0.261 e. The molecule has 1 amide bonds. The molecule has 1 aromatic heterocycles. The van der Waals surface area contributed by atoms with Gasteiger partial charge in [0.2, 0.25) is 0 Å². The van der Waals surface area contributed by atoms with Gasteiger partial charge < -0.3 is 14.5 Å². The van der Waals surface area contributed by atoms with E-state index in [0.29, 0.717) is 24.5 Å². The molecule has 2 heterocycles. The first-order valence-electron chi connectivity index (χ1n) is 9.04. The molecule has 0 spiro atoms. The molecule has 0 aliphatic carbocycles. The van der Waals surface area contributed by atoms with E-state index in [9.17, 15) is 9.18 Å². The van der Waals surface area contributed by atoms with Gasteiger partial charge in [-0.1, -0.05) is 30.3 Å². The van der Waals surface area contributed by atoms with Crippen molar-refractivity contribution in [2.45, 2.75) is 13.1 Å². The Balaban J connectivity index is 1.59. The van der Waals surface area contributed by atoms with Gasteiger partial charge in [0.25, 0.3) is 5.91 Å². The minimum absolute atomic E-state index is 0.0380. The van der Waals surface area contributed by atoms with Gasteiger partial charge in [-0.05, 0) is 42.0 Å². The average Bonchev–Trinajstić information content (AvgIpc) is 2.88. The number of halogens is 1. The predicted molar refractivity (Wildman–Crippen MR) is 105 cm³/mol. The normalized spacial score (nSPS) is 13.5. The Kier molecular flexibility index (Phi) is 4.93. The molecule has 6 heteroatoms. The third-order valence-corrected chi connectivity index (χ3v) is 4.74. The lowest BCUT2D eigenvalue weighted by atomic mass is 10.2. The van der Waals surface area contributed by atoms with Gasteiger partial charge in [-0.25, -0.2) is 9.37 Å². The number of amides is 1. The Morgan fingerprint density at radius 2 is 1.82 bits per heavy atom. The number of anilines is 2. The van der Waals surface area contributed by atoms with Crippen molar-refractivity contribution in [3.8, 4) is 5.75 Å². The van der Waals surface area contributed by atoms with Gasteiger partial charge in [0.15, 0.2) is 6.61 Å². The molecule has 0 atom stereocenters. The van der Waals surface area contributed by atoms with Gasteiger partial charge in [-0.2, -0.15) is 0 Å². The molecule has 0 bridgehead atoms. The summed E-state index contributed by atoms with van der Waals surface area (Å²) < 4.78 is 18.8. The van der Waals surface area contributed by atoms with Crippen molar-refractivity contribution in [2.24, 2.45) is 0 Å². The first kappa shape index (κ1) is 18.0. The Morgan fingerprint density at radius 1 is 1.07 bits per heavy atom. The zero-order valence-electron chi connectivity index (χ0n) is 15.5. The van der Waals surface area contributed by atoms with Crippen LogP contribution in [0.25, 0.3) is 0 Å². The van der Waals surface area contributed by atoms with Crippen LogP contribution in [-0.4, -0.2) is 29.4 Å². The quantitative estimate of drug-likeness (QED) is 0.692. The number of hydrogen-bond donors (Lipinski definition) is 0. The highest BCUT2D eigenvalue weighted by atomic mass is 19.1. The largest absolute Gasteiger partial charge is 0.482 e. The van der Waals surface area contributed by atoms with Crippen molar-refractivity contribution < 1.29 is 13.9 Å². The number of rotatable bonds is 4. The first-order valence-corrected chi connectivity index (χ1v) is 9.04. The van der Waals surface area contributed by atoms with Crippen molar-refractivity contribution in [3.63, 3.8) is 0 Å². The van der Waals surface area contributed by atoms with E-state index in [1.54, 1.807) is 17.0 Å². The minimum Gasteiger partial charge on any atom is -0.482 e. The van der Waals surface area contributed by atoms with Gasteiger partial charge in [-0.3, -0.25) is 4.79 Å². The van der Waals surface area contributed by atoms with Crippen LogP contribution in [-0.2, 0) is 17.9 Å². The summed E-state index contributed by atoms with van der Waals surface area (Å²) in [6, 6.07) is 19.8. The van der Waals surface area contributed by atoms with E-state index in [2.05, 4.69) is 0 Å². The highest BCUT2D eigenvalue weighted by Gasteiger charge is 2.23. The molecule has 0 radical (unpaired) electrons. The molecular formula is C22H20FN3O2. The number of ether oxygens (including phenoxy) is 1. The van der Waals surface area contributed by atoms with Crippen LogP contribution in [0.4, 0.5) is 15.9 Å². The summed E-state index contributed by atoms with van der Waals surface area (Å²) in [5, 5.41) is 0. The van der Waals surface area contributed by atoms with Crippen LogP contribution in [0, 0.1) is 5.82 Å². The van der Waals surface area contributed by atoms with Crippen LogP contribution < -0.4 is 9.64 Å². The first-order chi connectivity index (χ1) is 13.6. The zero-order valence-corrected chi connectivity index (χ0v) is 15.5. The summed E-state index contributed by atoms with van der Waals surface area (Å²) >= 11 is 0. The van der Waals surface area contributed by atoms with E-state index in [0.717, 1.165) is 17.1 Å². The van der Waals surface area contributed by atoms with E-state index in [-0.39, 0.29) is 18.3 Å². The Morgan fingerprint density at radius 3 is 2.57 bits per heavy atom. The fraction of sp³-hybridized carbons (Fsp3) is 0.182. The number of hydrogen-bond acceptors (Lipinski definition) is 4. The van der Waals surface area contributed by atoms with Crippen LogP contribution >= 0.6 is 0 Å². The van der Waals surface area contributed by atoms with Crippen molar-refractivity contribution in [2.75, 3.05) is 18.6 Å². The highest BCUT2D eigenvalue weighted by Crippen LogP contribution is 2.28. The second-order valence-electron chi connectivity index (χ2n) is 6.67. The molecule has 0 unspecified atom stereocenters. The molecule has 2 aromatic carbocycles. The van der Waals surface area contributed by atoms with Crippen molar-refractivity contribution >= 4 is 17.4 Å². The standard InChI is InChI=1S/C22H20FN3O2/c1-25(18-5-3-2-4-6-18)21-12-11-20-19(24-21)14-26(22(27)15-28-20)13-16-7-9-17(23)10-8-16/h2-12H,13-15H2,1H3. The Labute approximate surface area is 163 Å². The lowest BCUT2D eigenvalue weighted by Crippen LogP contribution is -2.32. The summed E-state index contributed by atoms with van der Waals surface area (Å²) in [6.07, 6.45) is 0. The zero-order chi connectivity index (χ0) is 19.5. The molecule has 0 saturated heterocycles.